The SMILES string of the molecule is Cc1nn(-c2ccc(Cl)c(Cl)c2)c(C)c1CC(=O)N1CCCCC1C(N)=O. The summed E-state index contributed by atoms with van der Waals surface area (Å²) in [7, 11) is 0. The monoisotopic (exact) mass is 408 g/mol. The molecule has 144 valence electrons. The lowest BCUT2D eigenvalue weighted by Gasteiger charge is -2.33. The number of rotatable bonds is 4. The number of carbonyl (C=O) groups is 2. The van der Waals surface area contributed by atoms with Crippen molar-refractivity contribution in [3.05, 3.63) is 45.2 Å². The minimum atomic E-state index is -0.517. The zero-order valence-corrected chi connectivity index (χ0v) is 16.8. The van der Waals surface area contributed by atoms with Crippen LogP contribution in [0.3, 0.4) is 0 Å². The molecule has 1 aromatic heterocycles. The van der Waals surface area contributed by atoms with Crippen LogP contribution in [0, 0.1) is 13.8 Å². The van der Waals surface area contributed by atoms with E-state index in [1.807, 2.05) is 19.9 Å². The minimum absolute atomic E-state index is 0.0987. The summed E-state index contributed by atoms with van der Waals surface area (Å²) < 4.78 is 1.75. The molecule has 1 fully saturated rings. The van der Waals surface area contributed by atoms with Crippen molar-refractivity contribution in [1.29, 1.82) is 0 Å². The van der Waals surface area contributed by atoms with Gasteiger partial charge in [-0.3, -0.25) is 9.59 Å². The summed E-state index contributed by atoms with van der Waals surface area (Å²) in [5.74, 6) is -0.540. The minimum Gasteiger partial charge on any atom is -0.368 e. The molecular formula is C19H22Cl2N4O2. The third-order valence-corrected chi connectivity index (χ3v) is 5.81. The lowest BCUT2D eigenvalue weighted by molar-refractivity contribution is -0.140. The molecule has 1 aromatic carbocycles. The predicted octanol–water partition coefficient (Wildman–Crippen LogP) is 3.20. The molecule has 8 heteroatoms. The zero-order valence-electron chi connectivity index (χ0n) is 15.3. The number of aryl methyl sites for hydroxylation is 1. The first-order valence-electron chi connectivity index (χ1n) is 8.89. The van der Waals surface area contributed by atoms with E-state index in [4.69, 9.17) is 28.9 Å². The molecule has 1 atom stereocenters. The fourth-order valence-electron chi connectivity index (χ4n) is 3.58. The van der Waals surface area contributed by atoms with Gasteiger partial charge in [-0.1, -0.05) is 23.2 Å². The highest BCUT2D eigenvalue weighted by Crippen LogP contribution is 2.27. The van der Waals surface area contributed by atoms with E-state index in [2.05, 4.69) is 5.10 Å². The summed E-state index contributed by atoms with van der Waals surface area (Å²) in [6, 6.07) is 4.76. The van der Waals surface area contributed by atoms with Gasteiger partial charge in [0.25, 0.3) is 0 Å². The van der Waals surface area contributed by atoms with E-state index in [1.54, 1.807) is 21.7 Å². The Labute approximate surface area is 168 Å². The summed E-state index contributed by atoms with van der Waals surface area (Å²) in [5, 5.41) is 5.47. The van der Waals surface area contributed by atoms with Crippen LogP contribution in [0.5, 0.6) is 0 Å². The Bertz CT molecular complexity index is 894. The Morgan fingerprint density at radius 2 is 1.96 bits per heavy atom. The lowest BCUT2D eigenvalue weighted by Crippen LogP contribution is -2.51. The molecule has 3 rings (SSSR count). The van der Waals surface area contributed by atoms with E-state index in [0.717, 1.165) is 35.5 Å². The van der Waals surface area contributed by atoms with Crippen molar-refractivity contribution in [3.8, 4) is 5.69 Å². The van der Waals surface area contributed by atoms with Gasteiger partial charge >= 0.3 is 0 Å². The number of likely N-dealkylation sites (tertiary alicyclic amines) is 1. The highest BCUT2D eigenvalue weighted by molar-refractivity contribution is 6.42. The average Bonchev–Trinajstić information content (AvgIpc) is 2.92. The number of amides is 2. The number of aromatic nitrogens is 2. The van der Waals surface area contributed by atoms with Crippen molar-refractivity contribution < 1.29 is 9.59 Å². The van der Waals surface area contributed by atoms with Gasteiger partial charge in [0.2, 0.25) is 11.8 Å². The van der Waals surface area contributed by atoms with Crippen molar-refractivity contribution in [2.75, 3.05) is 6.54 Å². The maximum atomic E-state index is 12.9. The molecule has 6 nitrogen and oxygen atoms in total. The molecule has 1 saturated heterocycles. The van der Waals surface area contributed by atoms with Crippen LogP contribution in [0.2, 0.25) is 10.0 Å². The highest BCUT2D eigenvalue weighted by Gasteiger charge is 2.31. The third-order valence-electron chi connectivity index (χ3n) is 5.07. The summed E-state index contributed by atoms with van der Waals surface area (Å²) in [6.07, 6.45) is 2.60. The molecule has 0 saturated carbocycles. The van der Waals surface area contributed by atoms with Gasteiger partial charge in [0.05, 0.1) is 27.8 Å². The highest BCUT2D eigenvalue weighted by atomic mass is 35.5. The van der Waals surface area contributed by atoms with Crippen LogP contribution in [0.15, 0.2) is 18.2 Å². The molecule has 1 aliphatic heterocycles. The van der Waals surface area contributed by atoms with Gasteiger partial charge in [-0.25, -0.2) is 4.68 Å². The summed E-state index contributed by atoms with van der Waals surface area (Å²) in [5.41, 5.74) is 8.72. The molecule has 0 aliphatic carbocycles. The fraction of sp³-hybridized carbons (Fsp3) is 0.421. The van der Waals surface area contributed by atoms with Crippen LogP contribution in [0.1, 0.15) is 36.2 Å². The van der Waals surface area contributed by atoms with Crippen LogP contribution in [-0.2, 0) is 16.0 Å². The van der Waals surface area contributed by atoms with E-state index in [9.17, 15) is 9.59 Å². The van der Waals surface area contributed by atoms with Crippen molar-refractivity contribution in [2.24, 2.45) is 5.73 Å². The topological polar surface area (TPSA) is 81.2 Å². The van der Waals surface area contributed by atoms with Gasteiger partial charge in [-0.05, 0) is 51.3 Å². The molecule has 1 unspecified atom stereocenters. The Morgan fingerprint density at radius 1 is 1.22 bits per heavy atom. The third kappa shape index (κ3) is 3.96. The Morgan fingerprint density at radius 3 is 2.63 bits per heavy atom. The Hall–Kier alpha value is -2.05. The van der Waals surface area contributed by atoms with E-state index in [-0.39, 0.29) is 12.3 Å². The molecule has 0 bridgehead atoms. The lowest BCUT2D eigenvalue weighted by atomic mass is 10.00. The Balaban J connectivity index is 1.87. The number of nitrogens with zero attached hydrogens (tertiary/aromatic N) is 3. The molecule has 2 heterocycles. The second-order valence-corrected chi connectivity index (χ2v) is 7.65. The van der Waals surface area contributed by atoms with Gasteiger partial charge in [0.1, 0.15) is 6.04 Å². The molecule has 0 spiro atoms. The zero-order chi connectivity index (χ0) is 19.7. The number of primary amides is 1. The molecule has 2 N–H and O–H groups in total. The van der Waals surface area contributed by atoms with E-state index in [0.29, 0.717) is 23.0 Å². The average molecular weight is 409 g/mol. The smallest absolute Gasteiger partial charge is 0.240 e. The summed E-state index contributed by atoms with van der Waals surface area (Å²) in [4.78, 5) is 26.2. The van der Waals surface area contributed by atoms with E-state index in [1.165, 1.54) is 0 Å². The number of benzene rings is 1. The Kier molecular flexibility index (Phi) is 5.77. The van der Waals surface area contributed by atoms with Crippen molar-refractivity contribution in [3.63, 3.8) is 0 Å². The normalized spacial score (nSPS) is 17.2. The number of nitrogens with two attached hydrogens (primary N) is 1. The second-order valence-electron chi connectivity index (χ2n) is 6.84. The van der Waals surface area contributed by atoms with Crippen LogP contribution >= 0.6 is 23.2 Å². The number of piperidine rings is 1. The van der Waals surface area contributed by atoms with Crippen LogP contribution in [0.25, 0.3) is 5.69 Å². The maximum absolute atomic E-state index is 12.9. The second kappa shape index (κ2) is 7.90. The predicted molar refractivity (Wildman–Crippen MR) is 105 cm³/mol. The quantitative estimate of drug-likeness (QED) is 0.842. The van der Waals surface area contributed by atoms with Gasteiger partial charge in [-0.2, -0.15) is 5.10 Å². The first-order valence-corrected chi connectivity index (χ1v) is 9.64. The van der Waals surface area contributed by atoms with Crippen LogP contribution < -0.4 is 5.73 Å². The molecule has 2 amide bonds. The molecule has 2 aromatic rings. The number of hydrogen-bond acceptors (Lipinski definition) is 3. The number of carbonyl (C=O) groups excluding carboxylic acids is 2. The first-order chi connectivity index (χ1) is 12.8. The fourth-order valence-corrected chi connectivity index (χ4v) is 3.87. The van der Waals surface area contributed by atoms with Gasteiger partial charge in [0, 0.05) is 17.8 Å². The standard InChI is InChI=1S/C19H22Cl2N4O2/c1-11-14(10-18(26)24-8-4-3-5-17(24)19(22)27)12(2)25(23-11)13-6-7-15(20)16(21)9-13/h6-7,9,17H,3-5,8,10H2,1-2H3,(H2,22,27). The molecule has 1 aliphatic rings. The van der Waals surface area contributed by atoms with E-state index >= 15 is 0 Å². The van der Waals surface area contributed by atoms with Crippen LogP contribution in [0.4, 0.5) is 0 Å². The molecule has 0 radical (unpaired) electrons. The van der Waals surface area contributed by atoms with Gasteiger partial charge in [0.15, 0.2) is 0 Å². The van der Waals surface area contributed by atoms with Crippen molar-refractivity contribution in [1.82, 2.24) is 14.7 Å². The number of hydrogen-bond donors (Lipinski definition) is 1. The summed E-state index contributed by atoms with van der Waals surface area (Å²) in [6.45, 7) is 4.34. The summed E-state index contributed by atoms with van der Waals surface area (Å²) >= 11 is 12.1. The number of halogens is 2. The first kappa shape index (κ1) is 19.7. The van der Waals surface area contributed by atoms with Crippen LogP contribution in [-0.4, -0.2) is 39.1 Å². The van der Waals surface area contributed by atoms with Crippen molar-refractivity contribution in [2.45, 2.75) is 45.6 Å². The maximum Gasteiger partial charge on any atom is 0.240 e. The van der Waals surface area contributed by atoms with E-state index < -0.39 is 11.9 Å². The molecule has 27 heavy (non-hydrogen) atoms. The van der Waals surface area contributed by atoms with Crippen molar-refractivity contribution >= 4 is 35.0 Å². The van der Waals surface area contributed by atoms with Gasteiger partial charge < -0.3 is 10.6 Å². The van der Waals surface area contributed by atoms with Gasteiger partial charge in [-0.15, -0.1) is 0 Å². The largest absolute Gasteiger partial charge is 0.368 e. The molecular weight excluding hydrogens is 387 g/mol.